The number of aromatic nitrogens is 1. The molecule has 0 saturated carbocycles. The molecule has 0 saturated heterocycles. The molecule has 1 aromatic carbocycles. The zero-order valence-corrected chi connectivity index (χ0v) is 19.8. The van der Waals surface area contributed by atoms with Crippen LogP contribution in [0, 0.1) is 6.92 Å². The van der Waals surface area contributed by atoms with E-state index in [-0.39, 0.29) is 29.9 Å². The van der Waals surface area contributed by atoms with Crippen LogP contribution in [0.15, 0.2) is 34.8 Å². The Bertz CT molecular complexity index is 764. The van der Waals surface area contributed by atoms with Crippen molar-refractivity contribution in [2.75, 3.05) is 33.8 Å². The molecule has 1 aromatic heterocycles. The number of guanidine groups is 1. The second-order valence-electron chi connectivity index (χ2n) is 5.96. The van der Waals surface area contributed by atoms with Gasteiger partial charge in [-0.15, -0.1) is 35.3 Å². The Morgan fingerprint density at radius 2 is 2.00 bits per heavy atom. The highest BCUT2D eigenvalue weighted by molar-refractivity contribution is 14.0. The summed E-state index contributed by atoms with van der Waals surface area (Å²) in [6.45, 7) is 6.34. The van der Waals surface area contributed by atoms with Gasteiger partial charge < -0.3 is 20.3 Å². The highest BCUT2D eigenvalue weighted by atomic mass is 127. The van der Waals surface area contributed by atoms with Gasteiger partial charge in [0.2, 0.25) is 0 Å². The van der Waals surface area contributed by atoms with E-state index in [1.165, 1.54) is 11.3 Å². The number of benzene rings is 1. The maximum absolute atomic E-state index is 12.1. The summed E-state index contributed by atoms with van der Waals surface area (Å²) in [6.07, 6.45) is 0. The van der Waals surface area contributed by atoms with E-state index in [0.29, 0.717) is 18.0 Å². The third-order valence-electron chi connectivity index (χ3n) is 3.89. The maximum Gasteiger partial charge on any atom is 0.263 e. The van der Waals surface area contributed by atoms with Crippen LogP contribution in [0.25, 0.3) is 0 Å². The first kappa shape index (κ1) is 24.2. The predicted molar refractivity (Wildman–Crippen MR) is 125 cm³/mol. The van der Waals surface area contributed by atoms with Crippen LogP contribution in [0.3, 0.4) is 0 Å². The highest BCUT2D eigenvalue weighted by Gasteiger charge is 2.11. The van der Waals surface area contributed by atoms with E-state index in [2.05, 4.69) is 25.5 Å². The van der Waals surface area contributed by atoms with Crippen LogP contribution in [-0.2, 0) is 6.54 Å². The summed E-state index contributed by atoms with van der Waals surface area (Å²) in [7, 11) is 3.65. The lowest BCUT2D eigenvalue weighted by atomic mass is 10.2. The molecule has 0 spiro atoms. The second-order valence-corrected chi connectivity index (χ2v) is 6.82. The van der Waals surface area contributed by atoms with E-state index in [0.717, 1.165) is 36.1 Å². The average molecular weight is 517 g/mol. The molecule has 154 valence electrons. The standard InChI is InChI=1S/C19H27N5O2S.HI/c1-5-20-19(24(3)12-15-6-8-16(26-4)9-7-15)22-11-10-21-18(25)17-14(2)23-13-27-17;/h6-9,13H,5,10-12H2,1-4H3,(H,20,22)(H,21,25);1H. The van der Waals surface area contributed by atoms with Crippen LogP contribution in [0.2, 0.25) is 0 Å². The van der Waals surface area contributed by atoms with E-state index in [1.54, 1.807) is 12.6 Å². The first-order valence-corrected chi connectivity index (χ1v) is 9.73. The first-order chi connectivity index (χ1) is 13.0. The molecule has 0 aliphatic rings. The molecule has 0 radical (unpaired) electrons. The number of methoxy groups -OCH3 is 1. The monoisotopic (exact) mass is 517 g/mol. The van der Waals surface area contributed by atoms with Crippen molar-refractivity contribution in [3.05, 3.63) is 45.9 Å². The molecule has 0 fully saturated rings. The molecule has 2 N–H and O–H groups in total. The van der Waals surface area contributed by atoms with Crippen molar-refractivity contribution in [2.24, 2.45) is 4.99 Å². The number of carbonyl (C=O) groups is 1. The molecule has 9 heteroatoms. The smallest absolute Gasteiger partial charge is 0.263 e. The maximum atomic E-state index is 12.1. The number of hydrogen-bond acceptors (Lipinski definition) is 5. The Kier molecular flexibility index (Phi) is 10.8. The third-order valence-corrected chi connectivity index (χ3v) is 4.81. The van der Waals surface area contributed by atoms with Gasteiger partial charge in [0.1, 0.15) is 10.6 Å². The molecule has 28 heavy (non-hydrogen) atoms. The van der Waals surface area contributed by atoms with Gasteiger partial charge in [-0.25, -0.2) is 4.98 Å². The third kappa shape index (κ3) is 7.27. The van der Waals surface area contributed by atoms with Crippen molar-refractivity contribution < 1.29 is 9.53 Å². The van der Waals surface area contributed by atoms with Crippen LogP contribution in [0.5, 0.6) is 5.75 Å². The van der Waals surface area contributed by atoms with Crippen LogP contribution in [0.1, 0.15) is 27.9 Å². The van der Waals surface area contributed by atoms with Gasteiger partial charge in [-0.05, 0) is 31.5 Å². The lowest BCUT2D eigenvalue weighted by Crippen LogP contribution is -2.39. The first-order valence-electron chi connectivity index (χ1n) is 8.85. The summed E-state index contributed by atoms with van der Waals surface area (Å²) in [5.41, 5.74) is 3.60. The summed E-state index contributed by atoms with van der Waals surface area (Å²) in [5, 5.41) is 6.17. The zero-order valence-electron chi connectivity index (χ0n) is 16.7. The van der Waals surface area contributed by atoms with Crippen LogP contribution < -0.4 is 15.4 Å². The molecule has 0 unspecified atom stereocenters. The Morgan fingerprint density at radius 1 is 1.29 bits per heavy atom. The van der Waals surface area contributed by atoms with Gasteiger partial charge in [-0.2, -0.15) is 0 Å². The Balaban J connectivity index is 0.00000392. The van der Waals surface area contributed by atoms with Gasteiger partial charge in [0, 0.05) is 26.7 Å². The fourth-order valence-corrected chi connectivity index (χ4v) is 3.20. The fourth-order valence-electron chi connectivity index (χ4n) is 2.48. The van der Waals surface area contributed by atoms with Gasteiger partial charge in [-0.1, -0.05) is 12.1 Å². The van der Waals surface area contributed by atoms with Gasteiger partial charge in [0.15, 0.2) is 5.96 Å². The summed E-state index contributed by atoms with van der Waals surface area (Å²) in [5.74, 6) is 1.55. The number of halogens is 1. The van der Waals surface area contributed by atoms with E-state index < -0.39 is 0 Å². The molecule has 0 aliphatic carbocycles. The topological polar surface area (TPSA) is 78.8 Å². The number of nitrogens with zero attached hydrogens (tertiary/aromatic N) is 3. The Morgan fingerprint density at radius 3 is 2.57 bits per heavy atom. The van der Waals surface area contributed by atoms with Crippen molar-refractivity contribution >= 4 is 47.2 Å². The van der Waals surface area contributed by atoms with Crippen molar-refractivity contribution in [3.63, 3.8) is 0 Å². The molecule has 0 bridgehead atoms. The molecule has 7 nitrogen and oxygen atoms in total. The molecule has 0 atom stereocenters. The van der Waals surface area contributed by atoms with E-state index >= 15 is 0 Å². The van der Waals surface area contributed by atoms with E-state index in [1.807, 2.05) is 45.2 Å². The number of amides is 1. The molecule has 1 heterocycles. The lowest BCUT2D eigenvalue weighted by Gasteiger charge is -2.22. The number of thiazole rings is 1. The second kappa shape index (κ2) is 12.6. The Hall–Kier alpha value is -1.88. The SMILES string of the molecule is CCNC(=NCCNC(=O)c1scnc1C)N(C)Cc1ccc(OC)cc1.I. The van der Waals surface area contributed by atoms with Gasteiger partial charge in [0.25, 0.3) is 5.91 Å². The summed E-state index contributed by atoms with van der Waals surface area (Å²) >= 11 is 1.35. The fraction of sp³-hybridized carbons (Fsp3) is 0.421. The number of carbonyl (C=O) groups excluding carboxylic acids is 1. The molecular formula is C19H28IN5O2S. The van der Waals surface area contributed by atoms with Gasteiger partial charge in [0.05, 0.1) is 24.9 Å². The van der Waals surface area contributed by atoms with Crippen molar-refractivity contribution in [1.29, 1.82) is 0 Å². The summed E-state index contributed by atoms with van der Waals surface area (Å²) in [4.78, 5) is 23.5. The van der Waals surface area contributed by atoms with Crippen molar-refractivity contribution in [2.45, 2.75) is 20.4 Å². The highest BCUT2D eigenvalue weighted by Crippen LogP contribution is 2.13. The predicted octanol–water partition coefficient (Wildman–Crippen LogP) is 2.91. The zero-order chi connectivity index (χ0) is 19.6. The van der Waals surface area contributed by atoms with Gasteiger partial charge in [-0.3, -0.25) is 9.79 Å². The molecule has 2 aromatic rings. The molecular weight excluding hydrogens is 489 g/mol. The van der Waals surface area contributed by atoms with Crippen molar-refractivity contribution in [3.8, 4) is 5.75 Å². The van der Waals surface area contributed by atoms with E-state index in [4.69, 9.17) is 4.74 Å². The number of hydrogen-bond donors (Lipinski definition) is 2. The number of rotatable bonds is 8. The van der Waals surface area contributed by atoms with E-state index in [9.17, 15) is 4.79 Å². The molecule has 1 amide bonds. The van der Waals surface area contributed by atoms with Crippen molar-refractivity contribution in [1.82, 2.24) is 20.5 Å². The molecule has 2 rings (SSSR count). The lowest BCUT2D eigenvalue weighted by molar-refractivity contribution is 0.0958. The quantitative estimate of drug-likeness (QED) is 0.244. The molecule has 0 aliphatic heterocycles. The number of aryl methyl sites for hydroxylation is 1. The van der Waals surface area contributed by atoms with Gasteiger partial charge >= 0.3 is 0 Å². The summed E-state index contributed by atoms with van der Waals surface area (Å²) < 4.78 is 5.19. The minimum Gasteiger partial charge on any atom is -0.497 e. The number of aliphatic imine (C=N–C) groups is 1. The average Bonchev–Trinajstić information content (AvgIpc) is 3.10. The largest absolute Gasteiger partial charge is 0.497 e. The number of nitrogens with one attached hydrogen (secondary N) is 2. The van der Waals surface area contributed by atoms with Crippen LogP contribution >= 0.6 is 35.3 Å². The van der Waals surface area contributed by atoms with Crippen LogP contribution in [-0.4, -0.2) is 55.5 Å². The summed E-state index contributed by atoms with van der Waals surface area (Å²) in [6, 6.07) is 7.97. The normalized spacial score (nSPS) is 10.8. The minimum atomic E-state index is -0.0956. The number of ether oxygens (including phenoxy) is 1. The minimum absolute atomic E-state index is 0. The van der Waals surface area contributed by atoms with Crippen LogP contribution in [0.4, 0.5) is 0 Å². The Labute approximate surface area is 187 Å².